The predicted molar refractivity (Wildman–Crippen MR) is 115 cm³/mol. The Morgan fingerprint density at radius 3 is 1.47 bits per heavy atom. The third-order valence-corrected chi connectivity index (χ3v) is 6.58. The van der Waals surface area contributed by atoms with Crippen LogP contribution in [0.15, 0.2) is 0 Å². The molecular weight excluding hydrogens is 384 g/mol. The van der Waals surface area contributed by atoms with Crippen LogP contribution < -0.4 is 0 Å². The number of esters is 1. The van der Waals surface area contributed by atoms with Crippen LogP contribution in [0.1, 0.15) is 87.5 Å². The van der Waals surface area contributed by atoms with Gasteiger partial charge in [0, 0.05) is 40.9 Å². The number of rotatable bonds is 6. The molecule has 0 aromatic heterocycles. The van der Waals surface area contributed by atoms with E-state index >= 15 is 0 Å². The molecule has 0 radical (unpaired) electrons. The number of ketones is 1. The number of Topliss-reactive ketones (excluding diaryl/α,β-unsaturated/α-hetero) is 1. The van der Waals surface area contributed by atoms with E-state index < -0.39 is 5.97 Å². The van der Waals surface area contributed by atoms with Crippen molar-refractivity contribution in [1.29, 1.82) is 0 Å². The molecule has 2 aliphatic heterocycles. The summed E-state index contributed by atoms with van der Waals surface area (Å²) in [6.45, 7) is 16.6. The topological polar surface area (TPSA) is 68.3 Å². The van der Waals surface area contributed by atoms with Crippen LogP contribution in [0.2, 0.25) is 0 Å². The summed E-state index contributed by atoms with van der Waals surface area (Å²) >= 11 is 0. The second-order valence-corrected chi connectivity index (χ2v) is 11.5. The molecule has 2 aliphatic rings. The SMILES string of the molecule is CON1C(C)(C)CC(OC(=O)CC(=O)C2CC(C)(C)N(OC)C(C)(C)C2)CC1(C)C. The van der Waals surface area contributed by atoms with Gasteiger partial charge in [-0.05, 0) is 68.2 Å². The van der Waals surface area contributed by atoms with Gasteiger partial charge < -0.3 is 14.4 Å². The van der Waals surface area contributed by atoms with Crippen molar-refractivity contribution in [2.24, 2.45) is 5.92 Å². The first-order chi connectivity index (χ1) is 13.6. The normalized spacial score (nSPS) is 27.0. The zero-order chi connectivity index (χ0) is 23.1. The van der Waals surface area contributed by atoms with Gasteiger partial charge in [0.15, 0.2) is 0 Å². The lowest BCUT2D eigenvalue weighted by atomic mass is 9.73. The predicted octanol–water partition coefficient (Wildman–Crippen LogP) is 3.90. The van der Waals surface area contributed by atoms with Crippen molar-refractivity contribution in [3.63, 3.8) is 0 Å². The van der Waals surface area contributed by atoms with Gasteiger partial charge in [0.05, 0.1) is 14.2 Å². The highest BCUT2D eigenvalue weighted by atomic mass is 16.7. The van der Waals surface area contributed by atoms with Crippen molar-refractivity contribution in [2.75, 3.05) is 14.2 Å². The Balaban J connectivity index is 2.01. The summed E-state index contributed by atoms with van der Waals surface area (Å²) in [6, 6.07) is 0. The molecule has 0 aromatic carbocycles. The maximum atomic E-state index is 13.0. The first-order valence-electron chi connectivity index (χ1n) is 11.0. The van der Waals surface area contributed by atoms with Crippen LogP contribution in [-0.4, -0.2) is 64.4 Å². The van der Waals surface area contributed by atoms with Crippen molar-refractivity contribution in [3.8, 4) is 0 Å². The zero-order valence-electron chi connectivity index (χ0n) is 20.6. The van der Waals surface area contributed by atoms with Crippen molar-refractivity contribution in [2.45, 2.75) is 116 Å². The fourth-order valence-electron chi connectivity index (χ4n) is 6.25. The number of hydroxylamine groups is 4. The second kappa shape index (κ2) is 8.49. The zero-order valence-corrected chi connectivity index (χ0v) is 20.6. The van der Waals surface area contributed by atoms with E-state index in [2.05, 4.69) is 55.4 Å². The minimum absolute atomic E-state index is 0.0373. The summed E-state index contributed by atoms with van der Waals surface area (Å²) in [5.74, 6) is -0.644. The Morgan fingerprint density at radius 2 is 1.10 bits per heavy atom. The van der Waals surface area contributed by atoms with E-state index in [-0.39, 0.29) is 46.4 Å². The van der Waals surface area contributed by atoms with E-state index in [4.69, 9.17) is 14.4 Å². The van der Waals surface area contributed by atoms with Crippen LogP contribution in [-0.2, 0) is 24.0 Å². The van der Waals surface area contributed by atoms with Gasteiger partial charge in [0.25, 0.3) is 0 Å². The van der Waals surface area contributed by atoms with Crippen molar-refractivity contribution in [3.05, 3.63) is 0 Å². The highest BCUT2D eigenvalue weighted by Gasteiger charge is 2.49. The number of hydrogen-bond acceptors (Lipinski definition) is 7. The number of carbonyl (C=O) groups is 2. The average Bonchev–Trinajstić information content (AvgIpc) is 2.50. The Morgan fingerprint density at radius 1 is 0.733 bits per heavy atom. The summed E-state index contributed by atoms with van der Waals surface area (Å²) in [6.07, 6.45) is 2.23. The molecule has 0 bridgehead atoms. The molecule has 2 rings (SSSR count). The molecular formula is C23H42N2O5. The molecule has 0 aromatic rings. The lowest BCUT2D eigenvalue weighted by Gasteiger charge is -2.53. The minimum atomic E-state index is -0.424. The van der Waals surface area contributed by atoms with E-state index in [0.29, 0.717) is 25.7 Å². The summed E-state index contributed by atoms with van der Waals surface area (Å²) in [7, 11) is 3.34. The van der Waals surface area contributed by atoms with Crippen LogP contribution in [0, 0.1) is 5.92 Å². The Labute approximate surface area is 182 Å². The molecule has 0 N–H and O–H groups in total. The van der Waals surface area contributed by atoms with Crippen molar-refractivity contribution < 1.29 is 24.0 Å². The van der Waals surface area contributed by atoms with E-state index in [1.54, 1.807) is 14.2 Å². The Hall–Kier alpha value is -1.02. The first kappa shape index (κ1) is 25.2. The first-order valence-corrected chi connectivity index (χ1v) is 11.0. The summed E-state index contributed by atoms with van der Waals surface area (Å²) < 4.78 is 5.79. The van der Waals surface area contributed by atoms with Crippen molar-refractivity contribution >= 4 is 11.8 Å². The monoisotopic (exact) mass is 426 g/mol. The molecule has 0 unspecified atom stereocenters. The molecule has 30 heavy (non-hydrogen) atoms. The quantitative estimate of drug-likeness (QED) is 0.471. The third kappa shape index (κ3) is 5.23. The molecule has 7 nitrogen and oxygen atoms in total. The van der Waals surface area contributed by atoms with E-state index in [1.807, 2.05) is 10.1 Å². The Bertz CT molecular complexity index is 620. The van der Waals surface area contributed by atoms with Crippen LogP contribution >= 0.6 is 0 Å². The van der Waals surface area contributed by atoms with Gasteiger partial charge in [0.1, 0.15) is 18.3 Å². The summed E-state index contributed by atoms with van der Waals surface area (Å²) in [5.41, 5.74) is -1.12. The molecule has 0 amide bonds. The van der Waals surface area contributed by atoms with Crippen LogP contribution in [0.25, 0.3) is 0 Å². The average molecular weight is 427 g/mol. The summed E-state index contributed by atoms with van der Waals surface area (Å²) in [4.78, 5) is 36.8. The van der Waals surface area contributed by atoms with Gasteiger partial charge in [-0.2, -0.15) is 10.1 Å². The molecule has 2 fully saturated rings. The fourth-order valence-corrected chi connectivity index (χ4v) is 6.25. The van der Waals surface area contributed by atoms with Crippen molar-refractivity contribution in [1.82, 2.24) is 10.1 Å². The molecule has 0 saturated carbocycles. The van der Waals surface area contributed by atoms with Crippen LogP contribution in [0.3, 0.4) is 0 Å². The van der Waals surface area contributed by atoms with Gasteiger partial charge in [-0.15, -0.1) is 0 Å². The fraction of sp³-hybridized carbons (Fsp3) is 0.913. The van der Waals surface area contributed by atoms with Gasteiger partial charge in [-0.3, -0.25) is 9.59 Å². The summed E-state index contributed by atoms with van der Waals surface area (Å²) in [5, 5.41) is 3.94. The van der Waals surface area contributed by atoms with Gasteiger partial charge in [-0.1, -0.05) is 0 Å². The standard InChI is InChI=1S/C23H42N2O5/c1-20(2)12-16(13-21(3,4)24(20)28-9)18(26)11-19(27)30-17-14-22(5,6)25(29-10)23(7,8)15-17/h16-17H,11-15H2,1-10H3. The largest absolute Gasteiger partial charge is 0.462 e. The molecule has 2 saturated heterocycles. The molecule has 2 heterocycles. The molecule has 7 heteroatoms. The highest BCUT2D eigenvalue weighted by Crippen LogP contribution is 2.42. The molecule has 174 valence electrons. The smallest absolute Gasteiger partial charge is 0.313 e. The van der Waals surface area contributed by atoms with Crippen LogP contribution in [0.4, 0.5) is 0 Å². The Kier molecular flexibility index (Phi) is 7.14. The number of hydrogen-bond donors (Lipinski definition) is 0. The van der Waals surface area contributed by atoms with E-state index in [1.165, 1.54) is 0 Å². The maximum Gasteiger partial charge on any atom is 0.313 e. The van der Waals surface area contributed by atoms with Gasteiger partial charge in [-0.25, -0.2) is 0 Å². The minimum Gasteiger partial charge on any atom is -0.462 e. The highest BCUT2D eigenvalue weighted by molar-refractivity contribution is 5.97. The van der Waals surface area contributed by atoms with Gasteiger partial charge >= 0.3 is 5.97 Å². The second-order valence-electron chi connectivity index (χ2n) is 11.5. The molecule has 0 aliphatic carbocycles. The maximum absolute atomic E-state index is 13.0. The lowest BCUT2D eigenvalue weighted by Crippen LogP contribution is -2.61. The van der Waals surface area contributed by atoms with Crippen LogP contribution in [0.5, 0.6) is 0 Å². The number of carbonyl (C=O) groups excluding carboxylic acids is 2. The molecule has 0 atom stereocenters. The lowest BCUT2D eigenvalue weighted by molar-refractivity contribution is -0.278. The third-order valence-electron chi connectivity index (χ3n) is 6.58. The van der Waals surface area contributed by atoms with E-state index in [9.17, 15) is 9.59 Å². The number of ether oxygens (including phenoxy) is 1. The molecule has 0 spiro atoms. The number of nitrogens with zero attached hydrogens (tertiary/aromatic N) is 2. The number of piperidine rings is 2. The van der Waals surface area contributed by atoms with Gasteiger partial charge in [0.2, 0.25) is 0 Å². The van der Waals surface area contributed by atoms with E-state index in [0.717, 1.165) is 0 Å².